The summed E-state index contributed by atoms with van der Waals surface area (Å²) in [5.41, 5.74) is 2.19. The van der Waals surface area contributed by atoms with Crippen molar-refractivity contribution in [2.45, 2.75) is 26.3 Å². The first-order chi connectivity index (χ1) is 15.5. The Morgan fingerprint density at radius 2 is 1.81 bits per heavy atom. The van der Waals surface area contributed by atoms with Crippen molar-refractivity contribution in [2.24, 2.45) is 0 Å². The van der Waals surface area contributed by atoms with Crippen LogP contribution in [0.15, 0.2) is 71.3 Å². The zero-order valence-corrected chi connectivity index (χ0v) is 19.7. The van der Waals surface area contributed by atoms with Crippen LogP contribution in [0.1, 0.15) is 35.8 Å². The number of anilines is 1. The molecule has 6 nitrogen and oxygen atoms in total. The smallest absolute Gasteiger partial charge is 0.227 e. The van der Waals surface area contributed by atoms with E-state index < -0.39 is 0 Å². The highest BCUT2D eigenvalue weighted by Gasteiger charge is 2.17. The van der Waals surface area contributed by atoms with E-state index in [2.05, 4.69) is 20.9 Å². The largest absolute Gasteiger partial charge is 0.493 e. The summed E-state index contributed by atoms with van der Waals surface area (Å²) in [6.07, 6.45) is 2.57. The number of aromatic nitrogens is 1. The molecule has 0 radical (unpaired) electrons. The monoisotopic (exact) mass is 496 g/mol. The van der Waals surface area contributed by atoms with Crippen LogP contribution in [-0.2, 0) is 11.3 Å². The fourth-order valence-corrected chi connectivity index (χ4v) is 3.41. The first-order valence-electron chi connectivity index (χ1n) is 10.3. The van der Waals surface area contributed by atoms with Gasteiger partial charge in [0.05, 0.1) is 26.0 Å². The highest BCUT2D eigenvalue weighted by Crippen LogP contribution is 2.28. The number of ether oxygens (including phenoxy) is 2. The Hall–Kier alpha value is -3.19. The second-order valence-electron chi connectivity index (χ2n) is 7.15. The Labute approximate surface area is 196 Å². The number of methoxy groups -OCH3 is 1. The number of rotatable bonds is 10. The Kier molecular flexibility index (Phi) is 8.39. The summed E-state index contributed by atoms with van der Waals surface area (Å²) in [6.45, 7) is 2.24. The number of hydrogen-bond donors (Lipinski definition) is 0. The molecule has 0 saturated carbocycles. The predicted molar refractivity (Wildman–Crippen MR) is 127 cm³/mol. The maximum absolute atomic E-state index is 13.1. The number of carbonyl (C=O) groups excluding carboxylic acids is 2. The molecule has 0 aliphatic carbocycles. The van der Waals surface area contributed by atoms with Crippen molar-refractivity contribution in [3.05, 3.63) is 82.6 Å². The molecule has 1 aromatic heterocycles. The number of nitrogens with zero attached hydrogens (tertiary/aromatic N) is 2. The highest BCUT2D eigenvalue weighted by atomic mass is 79.9. The maximum Gasteiger partial charge on any atom is 0.227 e. The minimum atomic E-state index is -0.0404. The highest BCUT2D eigenvalue weighted by molar-refractivity contribution is 9.10. The molecule has 0 aliphatic heterocycles. The van der Waals surface area contributed by atoms with Gasteiger partial charge in [0, 0.05) is 28.3 Å². The van der Waals surface area contributed by atoms with Gasteiger partial charge in [0.25, 0.3) is 0 Å². The predicted octanol–water partition coefficient (Wildman–Crippen LogP) is 5.45. The molecule has 0 spiro atoms. The maximum atomic E-state index is 13.1. The number of carbonyl (C=O) groups is 2. The molecule has 32 heavy (non-hydrogen) atoms. The van der Waals surface area contributed by atoms with E-state index in [0.29, 0.717) is 43.1 Å². The topological polar surface area (TPSA) is 68.7 Å². The van der Waals surface area contributed by atoms with Gasteiger partial charge in [-0.1, -0.05) is 22.0 Å². The van der Waals surface area contributed by atoms with Crippen molar-refractivity contribution < 1.29 is 19.1 Å². The third kappa shape index (κ3) is 6.40. The van der Waals surface area contributed by atoms with E-state index in [1.165, 1.54) is 14.0 Å². The van der Waals surface area contributed by atoms with Crippen LogP contribution in [-0.4, -0.2) is 30.4 Å². The minimum absolute atomic E-state index is 0.0135. The third-order valence-electron chi connectivity index (χ3n) is 4.85. The van der Waals surface area contributed by atoms with Crippen LogP contribution in [0.25, 0.3) is 0 Å². The van der Waals surface area contributed by atoms with Crippen molar-refractivity contribution >= 4 is 33.3 Å². The molecule has 0 bridgehead atoms. The molecule has 1 heterocycles. The lowest BCUT2D eigenvalue weighted by Crippen LogP contribution is -2.30. The number of benzene rings is 2. The van der Waals surface area contributed by atoms with Gasteiger partial charge in [0.15, 0.2) is 17.3 Å². The lowest BCUT2D eigenvalue weighted by molar-refractivity contribution is -0.119. The third-order valence-corrected chi connectivity index (χ3v) is 5.38. The Morgan fingerprint density at radius 1 is 1.03 bits per heavy atom. The van der Waals surface area contributed by atoms with Gasteiger partial charge in [0.1, 0.15) is 0 Å². The summed E-state index contributed by atoms with van der Waals surface area (Å²) in [5, 5.41) is 0. The van der Waals surface area contributed by atoms with E-state index in [-0.39, 0.29) is 11.7 Å². The number of pyridine rings is 1. The molecule has 0 unspecified atom stereocenters. The Morgan fingerprint density at radius 3 is 2.47 bits per heavy atom. The van der Waals surface area contributed by atoms with Crippen molar-refractivity contribution in [1.82, 2.24) is 4.98 Å². The number of hydrogen-bond acceptors (Lipinski definition) is 5. The molecule has 3 aromatic rings. The summed E-state index contributed by atoms with van der Waals surface area (Å²) in [6, 6.07) is 18.4. The van der Waals surface area contributed by atoms with Crippen molar-refractivity contribution in [3.63, 3.8) is 0 Å². The molecule has 2 aromatic carbocycles. The van der Waals surface area contributed by atoms with E-state index in [9.17, 15) is 9.59 Å². The summed E-state index contributed by atoms with van der Waals surface area (Å²) in [5.74, 6) is 0.987. The van der Waals surface area contributed by atoms with Gasteiger partial charge in [0.2, 0.25) is 5.91 Å². The van der Waals surface area contributed by atoms with Crippen LogP contribution >= 0.6 is 15.9 Å². The summed E-state index contributed by atoms with van der Waals surface area (Å²) in [4.78, 5) is 30.7. The first-order valence-corrected chi connectivity index (χ1v) is 11.0. The van der Waals surface area contributed by atoms with Crippen LogP contribution < -0.4 is 14.4 Å². The first kappa shape index (κ1) is 23.5. The molecule has 0 aliphatic rings. The Bertz CT molecular complexity index is 1060. The number of ketones is 1. The SMILES string of the molecule is COc1cc(C(C)=O)ccc1OCCCC(=O)N(Cc1ccccn1)c1ccc(Br)cc1. The molecule has 0 N–H and O–H groups in total. The Balaban J connectivity index is 1.62. The summed E-state index contributed by atoms with van der Waals surface area (Å²) < 4.78 is 12.1. The quantitative estimate of drug-likeness (QED) is 0.275. The van der Waals surface area contributed by atoms with Gasteiger partial charge in [-0.25, -0.2) is 0 Å². The molecular weight excluding hydrogens is 472 g/mol. The average Bonchev–Trinajstić information content (AvgIpc) is 2.81. The number of Topliss-reactive ketones (excluding diaryl/α,β-unsaturated/α-hetero) is 1. The molecule has 1 amide bonds. The second kappa shape index (κ2) is 11.4. The zero-order valence-electron chi connectivity index (χ0n) is 18.1. The van der Waals surface area contributed by atoms with E-state index >= 15 is 0 Å². The van der Waals surface area contributed by atoms with E-state index in [0.717, 1.165) is 15.9 Å². The summed E-state index contributed by atoms with van der Waals surface area (Å²) >= 11 is 3.43. The van der Waals surface area contributed by atoms with Crippen LogP contribution in [0, 0.1) is 0 Å². The van der Waals surface area contributed by atoms with Crippen molar-refractivity contribution in [2.75, 3.05) is 18.6 Å². The molecule has 0 saturated heterocycles. The summed E-state index contributed by atoms with van der Waals surface area (Å²) in [7, 11) is 1.53. The molecule has 0 fully saturated rings. The zero-order chi connectivity index (χ0) is 22.9. The van der Waals surface area contributed by atoms with E-state index in [1.54, 1.807) is 29.3 Å². The lowest BCUT2D eigenvalue weighted by Gasteiger charge is -2.23. The fourth-order valence-electron chi connectivity index (χ4n) is 3.14. The number of amides is 1. The molecule has 3 rings (SSSR count). The molecule has 166 valence electrons. The van der Waals surface area contributed by atoms with Crippen LogP contribution in [0.5, 0.6) is 11.5 Å². The lowest BCUT2D eigenvalue weighted by atomic mass is 10.1. The van der Waals surface area contributed by atoms with Crippen LogP contribution in [0.3, 0.4) is 0 Å². The average molecular weight is 497 g/mol. The van der Waals surface area contributed by atoms with Crippen molar-refractivity contribution in [3.8, 4) is 11.5 Å². The second-order valence-corrected chi connectivity index (χ2v) is 8.07. The van der Waals surface area contributed by atoms with Crippen molar-refractivity contribution in [1.29, 1.82) is 0 Å². The van der Waals surface area contributed by atoms with Gasteiger partial charge in [-0.2, -0.15) is 0 Å². The molecule has 7 heteroatoms. The van der Waals surface area contributed by atoms with E-state index in [4.69, 9.17) is 9.47 Å². The van der Waals surface area contributed by atoms with E-state index in [1.807, 2.05) is 42.5 Å². The number of halogens is 1. The normalized spacial score (nSPS) is 10.5. The standard InChI is InChI=1S/C25H25BrN2O4/c1-18(29)19-8-13-23(24(16-19)31-2)32-15-5-7-25(30)28(17-21-6-3-4-14-27-21)22-11-9-20(26)10-12-22/h3-4,6,8-14,16H,5,7,15,17H2,1-2H3. The van der Waals surface area contributed by atoms with Gasteiger partial charge < -0.3 is 14.4 Å². The van der Waals surface area contributed by atoms with Crippen LogP contribution in [0.2, 0.25) is 0 Å². The van der Waals surface area contributed by atoms with Gasteiger partial charge >= 0.3 is 0 Å². The fraction of sp³-hybridized carbons (Fsp3) is 0.240. The molecular formula is C25H25BrN2O4. The van der Waals surface area contributed by atoms with Gasteiger partial charge in [-0.05, 0) is 67.9 Å². The van der Waals surface area contributed by atoms with Gasteiger partial charge in [-0.15, -0.1) is 0 Å². The van der Waals surface area contributed by atoms with Gasteiger partial charge in [-0.3, -0.25) is 14.6 Å². The minimum Gasteiger partial charge on any atom is -0.493 e. The molecule has 0 atom stereocenters. The van der Waals surface area contributed by atoms with Crippen LogP contribution in [0.4, 0.5) is 5.69 Å².